The van der Waals surface area contributed by atoms with Crippen LogP contribution >= 0.6 is 0 Å². The molecule has 0 aliphatic heterocycles. The van der Waals surface area contributed by atoms with Crippen LogP contribution in [0.25, 0.3) is 11.8 Å². The Kier molecular flexibility index (Phi) is 3.95. The molecule has 0 aromatic heterocycles. The number of allylic oxidation sites excluding steroid dienone is 3. The lowest BCUT2D eigenvalue weighted by Crippen LogP contribution is -2.03. The molecule has 0 saturated heterocycles. The van der Waals surface area contributed by atoms with E-state index in [4.69, 9.17) is 11.5 Å². The van der Waals surface area contributed by atoms with Crippen LogP contribution in [0, 0.1) is 0 Å². The highest BCUT2D eigenvalue weighted by Gasteiger charge is 2.06. The van der Waals surface area contributed by atoms with Crippen molar-refractivity contribution in [2.75, 3.05) is 5.73 Å². The molecule has 0 fully saturated rings. The Labute approximate surface area is 97.0 Å². The first-order chi connectivity index (χ1) is 7.56. The predicted molar refractivity (Wildman–Crippen MR) is 72.5 cm³/mol. The molecule has 84 valence electrons. The highest BCUT2D eigenvalue weighted by atomic mass is 14.6. The van der Waals surface area contributed by atoms with Gasteiger partial charge in [0.05, 0.1) is 0 Å². The third-order valence-corrected chi connectivity index (χ3v) is 2.17. The van der Waals surface area contributed by atoms with Gasteiger partial charge < -0.3 is 11.5 Å². The number of nitrogen functional groups attached to an aromatic ring is 1. The minimum Gasteiger partial charge on any atom is -0.398 e. The minimum absolute atomic E-state index is 0.652. The van der Waals surface area contributed by atoms with Crippen LogP contribution in [-0.4, -0.2) is 0 Å². The molecule has 0 atom stereocenters. The van der Waals surface area contributed by atoms with Crippen molar-refractivity contribution in [3.8, 4) is 0 Å². The highest BCUT2D eigenvalue weighted by molar-refractivity contribution is 5.81. The summed E-state index contributed by atoms with van der Waals surface area (Å²) >= 11 is 0. The van der Waals surface area contributed by atoms with Crippen LogP contribution in [-0.2, 0) is 0 Å². The van der Waals surface area contributed by atoms with Crippen LogP contribution in [0.15, 0.2) is 42.5 Å². The number of anilines is 1. The van der Waals surface area contributed by atoms with Crippen LogP contribution in [0.5, 0.6) is 0 Å². The summed E-state index contributed by atoms with van der Waals surface area (Å²) in [5.74, 6) is 0. The normalized spacial score (nSPS) is 12.0. The molecule has 1 aromatic carbocycles. The zero-order valence-electron chi connectivity index (χ0n) is 9.83. The van der Waals surface area contributed by atoms with Gasteiger partial charge in [-0.1, -0.05) is 36.4 Å². The van der Waals surface area contributed by atoms with Gasteiger partial charge in [-0.2, -0.15) is 0 Å². The fourth-order valence-electron chi connectivity index (χ4n) is 1.58. The molecule has 0 bridgehead atoms. The molecule has 1 aromatic rings. The van der Waals surface area contributed by atoms with Crippen LogP contribution in [0.4, 0.5) is 5.69 Å². The van der Waals surface area contributed by atoms with E-state index < -0.39 is 0 Å². The maximum Gasteiger partial charge on any atom is 0.0417 e. The lowest BCUT2D eigenvalue weighted by Gasteiger charge is -2.10. The number of nitrogens with two attached hydrogens (primary N) is 2. The summed E-state index contributed by atoms with van der Waals surface area (Å²) in [7, 11) is 0. The Morgan fingerprint density at radius 2 is 2.06 bits per heavy atom. The molecule has 0 amide bonds. The molecule has 0 aliphatic rings. The Morgan fingerprint density at radius 1 is 1.38 bits per heavy atom. The highest BCUT2D eigenvalue weighted by Crippen LogP contribution is 2.24. The number of hydrogen-bond acceptors (Lipinski definition) is 2. The first-order valence-electron chi connectivity index (χ1n) is 5.20. The van der Waals surface area contributed by atoms with Gasteiger partial charge in [0.15, 0.2) is 0 Å². The maximum absolute atomic E-state index is 6.01. The molecular weight excluding hydrogens is 196 g/mol. The van der Waals surface area contributed by atoms with E-state index in [1.807, 2.05) is 50.3 Å². The van der Waals surface area contributed by atoms with Gasteiger partial charge in [-0.25, -0.2) is 0 Å². The van der Waals surface area contributed by atoms with Gasteiger partial charge in [0.1, 0.15) is 0 Å². The summed E-state index contributed by atoms with van der Waals surface area (Å²) in [4.78, 5) is 0. The summed E-state index contributed by atoms with van der Waals surface area (Å²) in [6.07, 6.45) is 5.79. The van der Waals surface area contributed by atoms with Crippen LogP contribution in [0.3, 0.4) is 0 Å². The topological polar surface area (TPSA) is 52.0 Å². The first kappa shape index (κ1) is 12.1. The molecule has 1 rings (SSSR count). The van der Waals surface area contributed by atoms with Crippen molar-refractivity contribution < 1.29 is 0 Å². The quantitative estimate of drug-likeness (QED) is 0.599. The van der Waals surface area contributed by atoms with Crippen molar-refractivity contribution in [3.05, 3.63) is 53.6 Å². The lowest BCUT2D eigenvalue weighted by atomic mass is 10.0. The van der Waals surface area contributed by atoms with Crippen molar-refractivity contribution in [1.82, 2.24) is 0 Å². The average molecular weight is 214 g/mol. The van der Waals surface area contributed by atoms with Gasteiger partial charge in [0.2, 0.25) is 0 Å². The van der Waals surface area contributed by atoms with E-state index in [0.29, 0.717) is 11.4 Å². The minimum atomic E-state index is 0.652. The first-order valence-corrected chi connectivity index (χ1v) is 5.20. The van der Waals surface area contributed by atoms with E-state index in [2.05, 4.69) is 6.58 Å². The maximum atomic E-state index is 6.01. The largest absolute Gasteiger partial charge is 0.398 e. The Bertz CT molecular complexity index is 454. The molecule has 4 N–H and O–H groups in total. The van der Waals surface area contributed by atoms with Crippen molar-refractivity contribution in [2.45, 2.75) is 13.8 Å². The molecule has 16 heavy (non-hydrogen) atoms. The smallest absolute Gasteiger partial charge is 0.0417 e. The Morgan fingerprint density at radius 3 is 2.62 bits per heavy atom. The van der Waals surface area contributed by atoms with Gasteiger partial charge in [-0.15, -0.1) is 0 Å². The second-order valence-electron chi connectivity index (χ2n) is 3.76. The van der Waals surface area contributed by atoms with E-state index in [0.717, 1.165) is 16.7 Å². The second-order valence-corrected chi connectivity index (χ2v) is 3.76. The second kappa shape index (κ2) is 5.21. The average Bonchev–Trinajstić information content (AvgIpc) is 2.16. The molecule has 2 heteroatoms. The van der Waals surface area contributed by atoms with Crippen LogP contribution in [0.2, 0.25) is 0 Å². The lowest BCUT2D eigenvalue weighted by molar-refractivity contribution is 1.45. The number of hydrogen-bond donors (Lipinski definition) is 2. The summed E-state index contributed by atoms with van der Waals surface area (Å²) < 4.78 is 0. The van der Waals surface area contributed by atoms with Crippen molar-refractivity contribution in [3.63, 3.8) is 0 Å². The van der Waals surface area contributed by atoms with Gasteiger partial charge in [-0.05, 0) is 31.6 Å². The van der Waals surface area contributed by atoms with Gasteiger partial charge in [0, 0.05) is 16.9 Å². The molecule has 0 aliphatic carbocycles. The Balaban J connectivity index is 3.35. The van der Waals surface area contributed by atoms with Crippen LogP contribution in [0.1, 0.15) is 25.0 Å². The van der Waals surface area contributed by atoms with E-state index >= 15 is 0 Å². The predicted octanol–water partition coefficient (Wildman–Crippen LogP) is 3.18. The molecule has 0 saturated carbocycles. The number of benzene rings is 1. The van der Waals surface area contributed by atoms with Crippen molar-refractivity contribution in [1.29, 1.82) is 0 Å². The zero-order chi connectivity index (χ0) is 12.1. The fraction of sp³-hybridized carbons (Fsp3) is 0.143. The summed E-state index contributed by atoms with van der Waals surface area (Å²) in [5.41, 5.74) is 16.1. The van der Waals surface area contributed by atoms with Crippen molar-refractivity contribution in [2.24, 2.45) is 5.73 Å². The van der Waals surface area contributed by atoms with E-state index in [1.54, 1.807) is 0 Å². The summed E-state index contributed by atoms with van der Waals surface area (Å²) in [5, 5.41) is 0. The Hall–Kier alpha value is -1.96. The third kappa shape index (κ3) is 2.76. The van der Waals surface area contributed by atoms with E-state index in [1.165, 1.54) is 0 Å². The monoisotopic (exact) mass is 214 g/mol. The molecule has 0 spiro atoms. The van der Waals surface area contributed by atoms with E-state index in [-0.39, 0.29) is 0 Å². The SMILES string of the molecule is C=C(C)/C=C(/N)c1c(N)cccc1/C=C\C. The van der Waals surface area contributed by atoms with E-state index in [9.17, 15) is 0 Å². The van der Waals surface area contributed by atoms with Crippen LogP contribution < -0.4 is 11.5 Å². The fourth-order valence-corrected chi connectivity index (χ4v) is 1.58. The molecule has 2 nitrogen and oxygen atoms in total. The molecule has 0 unspecified atom stereocenters. The zero-order valence-corrected chi connectivity index (χ0v) is 9.83. The van der Waals surface area contributed by atoms with Gasteiger partial charge >= 0.3 is 0 Å². The molecule has 0 heterocycles. The van der Waals surface area contributed by atoms with Crippen molar-refractivity contribution >= 4 is 17.5 Å². The molecule has 0 radical (unpaired) electrons. The van der Waals surface area contributed by atoms with Gasteiger partial charge in [0.25, 0.3) is 0 Å². The third-order valence-electron chi connectivity index (χ3n) is 2.17. The number of rotatable bonds is 3. The van der Waals surface area contributed by atoms with Gasteiger partial charge in [-0.3, -0.25) is 0 Å². The summed E-state index contributed by atoms with van der Waals surface area (Å²) in [6, 6.07) is 5.76. The standard InChI is InChI=1S/C14H18N2/c1-4-6-11-7-5-8-12(15)14(11)13(16)9-10(2)3/h4-9H,2,15-16H2,1,3H3/b6-4-,13-9+. The molecular formula is C14H18N2. The summed E-state index contributed by atoms with van der Waals surface area (Å²) in [6.45, 7) is 7.68.